The van der Waals surface area contributed by atoms with Gasteiger partial charge < -0.3 is 14.5 Å². The molecule has 16 heavy (non-hydrogen) atoms. The highest BCUT2D eigenvalue weighted by molar-refractivity contribution is 5.75. The van der Waals surface area contributed by atoms with Gasteiger partial charge in [-0.2, -0.15) is 0 Å². The third-order valence-corrected chi connectivity index (χ3v) is 2.29. The molecule has 4 nitrogen and oxygen atoms in total. The second-order valence-corrected chi connectivity index (χ2v) is 4.64. The van der Waals surface area contributed by atoms with Gasteiger partial charge in [-0.15, -0.1) is 0 Å². The summed E-state index contributed by atoms with van der Waals surface area (Å²) in [6, 6.07) is 0. The molecule has 0 saturated carbocycles. The normalized spacial score (nSPS) is 11.2. The topological polar surface area (TPSA) is 32.8 Å². The molecule has 0 aromatic carbocycles. The number of hydrogen-bond donors (Lipinski definition) is 0. The Labute approximate surface area is 99.5 Å². The highest BCUT2D eigenvalue weighted by Gasteiger charge is 2.08. The molecule has 0 N–H and O–H groups in total. The number of amides is 1. The number of ether oxygens (including phenoxy) is 1. The highest BCUT2D eigenvalue weighted by atomic mass is 16.5. The van der Waals surface area contributed by atoms with Crippen LogP contribution in [0.5, 0.6) is 0 Å². The quantitative estimate of drug-likeness (QED) is 0.628. The van der Waals surface area contributed by atoms with Gasteiger partial charge in [0.25, 0.3) is 0 Å². The van der Waals surface area contributed by atoms with Gasteiger partial charge in [0.15, 0.2) is 0 Å². The largest absolute Gasteiger partial charge is 0.378 e. The first kappa shape index (κ1) is 15.4. The summed E-state index contributed by atoms with van der Waals surface area (Å²) in [5.41, 5.74) is 0. The molecule has 0 aliphatic carbocycles. The van der Waals surface area contributed by atoms with E-state index >= 15 is 0 Å². The Morgan fingerprint density at radius 1 is 1.19 bits per heavy atom. The highest BCUT2D eigenvalue weighted by Crippen LogP contribution is 1.96. The molecule has 1 amide bonds. The second-order valence-electron chi connectivity index (χ2n) is 4.64. The zero-order valence-electron chi connectivity index (χ0n) is 11.3. The number of hydrogen-bond acceptors (Lipinski definition) is 3. The molecule has 0 fully saturated rings. The molecule has 96 valence electrons. The van der Waals surface area contributed by atoms with Crippen molar-refractivity contribution in [1.82, 2.24) is 9.80 Å². The molecule has 0 spiro atoms. The van der Waals surface area contributed by atoms with Crippen molar-refractivity contribution < 1.29 is 9.53 Å². The lowest BCUT2D eigenvalue weighted by Crippen LogP contribution is -2.30. The minimum atomic E-state index is 0.166. The number of rotatable bonds is 8. The number of carbonyl (C=O) groups is 1. The summed E-state index contributed by atoms with van der Waals surface area (Å²) in [6.07, 6.45) is 1.70. The van der Waals surface area contributed by atoms with Gasteiger partial charge in [0.1, 0.15) is 0 Å². The van der Waals surface area contributed by atoms with E-state index in [9.17, 15) is 4.79 Å². The van der Waals surface area contributed by atoms with Crippen LogP contribution in [-0.2, 0) is 9.53 Å². The van der Waals surface area contributed by atoms with Gasteiger partial charge in [-0.05, 0) is 40.9 Å². The minimum Gasteiger partial charge on any atom is -0.378 e. The van der Waals surface area contributed by atoms with E-state index in [-0.39, 0.29) is 12.0 Å². The molecule has 0 aromatic rings. The standard InChI is InChI=1S/C12H26N2O2/c1-11(2)16-10-7-12(15)14(5)9-6-8-13(3)4/h11H,6-10H2,1-5H3. The molecule has 0 aromatic heterocycles. The predicted octanol–water partition coefficient (Wildman–Crippen LogP) is 1.21. The van der Waals surface area contributed by atoms with Crippen LogP contribution in [0.4, 0.5) is 0 Å². The van der Waals surface area contributed by atoms with Gasteiger partial charge >= 0.3 is 0 Å². The van der Waals surface area contributed by atoms with Crippen LogP contribution < -0.4 is 0 Å². The van der Waals surface area contributed by atoms with Crippen molar-refractivity contribution in [3.8, 4) is 0 Å². The summed E-state index contributed by atoms with van der Waals surface area (Å²) in [7, 11) is 5.93. The van der Waals surface area contributed by atoms with Crippen LogP contribution in [0.25, 0.3) is 0 Å². The van der Waals surface area contributed by atoms with Gasteiger partial charge in [0.2, 0.25) is 5.91 Å². The Kier molecular flexibility index (Phi) is 8.21. The molecule has 0 bridgehead atoms. The molecule has 0 heterocycles. The predicted molar refractivity (Wildman–Crippen MR) is 66.5 cm³/mol. The maximum atomic E-state index is 11.6. The molecular weight excluding hydrogens is 204 g/mol. The summed E-state index contributed by atoms with van der Waals surface area (Å²) in [5, 5.41) is 0. The maximum Gasteiger partial charge on any atom is 0.224 e. The molecule has 0 radical (unpaired) electrons. The fraction of sp³-hybridized carbons (Fsp3) is 0.917. The first-order chi connectivity index (χ1) is 7.43. The second kappa shape index (κ2) is 8.53. The minimum absolute atomic E-state index is 0.166. The molecule has 0 aliphatic heterocycles. The van der Waals surface area contributed by atoms with E-state index < -0.39 is 0 Å². The van der Waals surface area contributed by atoms with Gasteiger partial charge in [0.05, 0.1) is 19.1 Å². The first-order valence-corrected chi connectivity index (χ1v) is 5.93. The monoisotopic (exact) mass is 230 g/mol. The van der Waals surface area contributed by atoms with Crippen molar-refractivity contribution >= 4 is 5.91 Å². The summed E-state index contributed by atoms with van der Waals surface area (Å²) >= 11 is 0. The van der Waals surface area contributed by atoms with E-state index in [4.69, 9.17) is 4.74 Å². The Hall–Kier alpha value is -0.610. The lowest BCUT2D eigenvalue weighted by Gasteiger charge is -2.18. The molecule has 0 rings (SSSR count). The van der Waals surface area contributed by atoms with Crippen LogP contribution in [0.2, 0.25) is 0 Å². The molecular formula is C12H26N2O2. The van der Waals surface area contributed by atoms with E-state index in [0.29, 0.717) is 13.0 Å². The van der Waals surface area contributed by atoms with Crippen molar-refractivity contribution in [2.75, 3.05) is 40.8 Å². The van der Waals surface area contributed by atoms with E-state index in [0.717, 1.165) is 19.5 Å². The van der Waals surface area contributed by atoms with Gasteiger partial charge in [-0.3, -0.25) is 4.79 Å². The molecule has 0 saturated heterocycles. The summed E-state index contributed by atoms with van der Waals surface area (Å²) < 4.78 is 5.35. The zero-order valence-corrected chi connectivity index (χ0v) is 11.3. The molecule has 0 aliphatic rings. The lowest BCUT2D eigenvalue weighted by molar-refractivity contribution is -0.131. The fourth-order valence-corrected chi connectivity index (χ4v) is 1.32. The van der Waals surface area contributed by atoms with E-state index in [1.54, 1.807) is 4.90 Å². The van der Waals surface area contributed by atoms with Crippen molar-refractivity contribution in [1.29, 1.82) is 0 Å². The number of carbonyl (C=O) groups excluding carboxylic acids is 1. The van der Waals surface area contributed by atoms with Gasteiger partial charge in [-0.1, -0.05) is 0 Å². The average Bonchev–Trinajstić information content (AvgIpc) is 2.16. The van der Waals surface area contributed by atoms with Crippen molar-refractivity contribution in [3.63, 3.8) is 0 Å². The van der Waals surface area contributed by atoms with Crippen LogP contribution in [0, 0.1) is 0 Å². The van der Waals surface area contributed by atoms with Gasteiger partial charge in [-0.25, -0.2) is 0 Å². The van der Waals surface area contributed by atoms with Gasteiger partial charge in [0, 0.05) is 13.6 Å². The molecule has 0 unspecified atom stereocenters. The van der Waals surface area contributed by atoms with Crippen LogP contribution in [-0.4, -0.2) is 62.7 Å². The van der Waals surface area contributed by atoms with E-state index in [2.05, 4.69) is 4.90 Å². The smallest absolute Gasteiger partial charge is 0.224 e. The third kappa shape index (κ3) is 8.68. The van der Waals surface area contributed by atoms with Crippen molar-refractivity contribution in [2.24, 2.45) is 0 Å². The van der Waals surface area contributed by atoms with E-state index in [1.807, 2.05) is 35.0 Å². The zero-order chi connectivity index (χ0) is 12.6. The average molecular weight is 230 g/mol. The van der Waals surface area contributed by atoms with Crippen LogP contribution >= 0.6 is 0 Å². The Morgan fingerprint density at radius 3 is 2.31 bits per heavy atom. The summed E-state index contributed by atoms with van der Waals surface area (Å²) in [6.45, 7) is 6.31. The lowest BCUT2D eigenvalue weighted by atomic mass is 10.3. The van der Waals surface area contributed by atoms with Crippen LogP contribution in [0.1, 0.15) is 26.7 Å². The first-order valence-electron chi connectivity index (χ1n) is 5.93. The SMILES string of the molecule is CC(C)OCCC(=O)N(C)CCCN(C)C. The Balaban J connectivity index is 3.57. The van der Waals surface area contributed by atoms with Crippen molar-refractivity contribution in [2.45, 2.75) is 32.8 Å². The summed E-state index contributed by atoms with van der Waals surface area (Å²) in [5.74, 6) is 0.166. The Bertz CT molecular complexity index is 193. The number of nitrogens with zero attached hydrogens (tertiary/aromatic N) is 2. The van der Waals surface area contributed by atoms with E-state index in [1.165, 1.54) is 0 Å². The summed E-state index contributed by atoms with van der Waals surface area (Å²) in [4.78, 5) is 15.5. The fourth-order valence-electron chi connectivity index (χ4n) is 1.32. The van der Waals surface area contributed by atoms with Crippen molar-refractivity contribution in [3.05, 3.63) is 0 Å². The van der Waals surface area contributed by atoms with Crippen LogP contribution in [0.3, 0.4) is 0 Å². The maximum absolute atomic E-state index is 11.6. The molecule has 4 heteroatoms. The Morgan fingerprint density at radius 2 is 1.81 bits per heavy atom. The third-order valence-electron chi connectivity index (χ3n) is 2.29. The molecule has 0 atom stereocenters. The van der Waals surface area contributed by atoms with Crippen LogP contribution in [0.15, 0.2) is 0 Å².